The summed E-state index contributed by atoms with van der Waals surface area (Å²) in [7, 11) is 0. The summed E-state index contributed by atoms with van der Waals surface area (Å²) in [5.41, 5.74) is 1.96. The fourth-order valence-corrected chi connectivity index (χ4v) is 3.26. The van der Waals surface area contributed by atoms with Crippen molar-refractivity contribution in [3.8, 4) is 0 Å². The first-order valence-electron chi connectivity index (χ1n) is 8.45. The summed E-state index contributed by atoms with van der Waals surface area (Å²) in [5.74, 6) is 0.552. The number of hydrogen-bond acceptors (Lipinski definition) is 4. The lowest BCUT2D eigenvalue weighted by molar-refractivity contribution is -0.120. The van der Waals surface area contributed by atoms with Crippen LogP contribution in [0.5, 0.6) is 0 Å². The first-order valence-corrected chi connectivity index (χ1v) is 9.71. The number of nitrogens with one attached hydrogen (secondary N) is 2. The minimum absolute atomic E-state index is 0.0916. The molecule has 0 aliphatic rings. The van der Waals surface area contributed by atoms with Crippen LogP contribution in [0.25, 0.3) is 12.2 Å². The number of nitrogens with zero attached hydrogens (tertiary/aromatic N) is 2. The number of H-pyrrole nitrogens is 1. The maximum Gasteiger partial charge on any atom is 0.233 e. The van der Waals surface area contributed by atoms with Gasteiger partial charge >= 0.3 is 0 Å². The lowest BCUT2D eigenvalue weighted by Crippen LogP contribution is -2.30. The fraction of sp³-hybridized carbons (Fsp3) is 0.150. The summed E-state index contributed by atoms with van der Waals surface area (Å²) in [6.45, 7) is 2.21. The smallest absolute Gasteiger partial charge is 0.233 e. The van der Waals surface area contributed by atoms with Gasteiger partial charge in [-0.3, -0.25) is 9.89 Å². The van der Waals surface area contributed by atoms with Gasteiger partial charge in [0, 0.05) is 11.6 Å². The number of amides is 1. The Morgan fingerprint density at radius 3 is 2.70 bits per heavy atom. The van der Waals surface area contributed by atoms with Crippen LogP contribution in [0.15, 0.2) is 59.8 Å². The molecule has 0 saturated carbocycles. The lowest BCUT2D eigenvalue weighted by Gasteiger charge is -2.10. The highest BCUT2D eigenvalue weighted by atomic mass is 35.5. The van der Waals surface area contributed by atoms with Crippen LogP contribution in [0, 0.1) is 0 Å². The van der Waals surface area contributed by atoms with Crippen LogP contribution in [0.2, 0.25) is 5.02 Å². The molecule has 1 heterocycles. The van der Waals surface area contributed by atoms with Crippen LogP contribution >= 0.6 is 23.4 Å². The van der Waals surface area contributed by atoms with Gasteiger partial charge in [-0.1, -0.05) is 78.0 Å². The maximum atomic E-state index is 12.3. The molecular formula is C20H19ClN4OS. The molecule has 0 aliphatic heterocycles. The van der Waals surface area contributed by atoms with Gasteiger partial charge in [-0.2, -0.15) is 0 Å². The number of carbonyl (C=O) groups is 1. The van der Waals surface area contributed by atoms with Crippen molar-refractivity contribution < 1.29 is 4.79 Å². The predicted molar refractivity (Wildman–Crippen MR) is 110 cm³/mol. The Morgan fingerprint density at radius 2 is 1.93 bits per heavy atom. The van der Waals surface area contributed by atoms with E-state index < -0.39 is 0 Å². The van der Waals surface area contributed by atoms with Gasteiger partial charge in [-0.15, -0.1) is 5.10 Å². The van der Waals surface area contributed by atoms with E-state index in [1.54, 1.807) is 6.07 Å². The van der Waals surface area contributed by atoms with Gasteiger partial charge in [0.1, 0.15) is 5.82 Å². The summed E-state index contributed by atoms with van der Waals surface area (Å²) >= 11 is 7.41. The number of carbonyl (C=O) groups excluding carboxylic acids is 1. The van der Waals surface area contributed by atoms with E-state index in [0.29, 0.717) is 22.5 Å². The number of hydrogen-bond donors (Lipinski definition) is 2. The number of aromatic nitrogens is 3. The zero-order chi connectivity index (χ0) is 19.1. The van der Waals surface area contributed by atoms with Crippen molar-refractivity contribution in [2.24, 2.45) is 0 Å². The SMILES string of the molecule is CC(Sc1n[nH]c(/C=C/c2ccccc2)n1)C(=O)NCc1ccccc1Cl. The molecule has 27 heavy (non-hydrogen) atoms. The van der Waals surface area contributed by atoms with E-state index in [-0.39, 0.29) is 11.2 Å². The highest BCUT2D eigenvalue weighted by molar-refractivity contribution is 8.00. The van der Waals surface area contributed by atoms with E-state index in [1.165, 1.54) is 11.8 Å². The second-order valence-corrected chi connectivity index (χ2v) is 7.53. The Kier molecular flexibility index (Phi) is 6.68. The molecule has 0 saturated heterocycles. The third-order valence-electron chi connectivity index (χ3n) is 3.78. The molecule has 138 valence electrons. The highest BCUT2D eigenvalue weighted by Gasteiger charge is 2.17. The minimum atomic E-state index is -0.325. The number of rotatable bonds is 7. The van der Waals surface area contributed by atoms with Crippen LogP contribution in [0.3, 0.4) is 0 Å². The molecule has 3 rings (SSSR count). The van der Waals surface area contributed by atoms with Crippen molar-refractivity contribution in [1.29, 1.82) is 0 Å². The molecular weight excluding hydrogens is 380 g/mol. The molecule has 7 heteroatoms. The summed E-state index contributed by atoms with van der Waals surface area (Å²) in [6, 6.07) is 17.4. The third kappa shape index (κ3) is 5.70. The van der Waals surface area contributed by atoms with E-state index in [0.717, 1.165) is 11.1 Å². The topological polar surface area (TPSA) is 70.7 Å². The van der Waals surface area contributed by atoms with E-state index in [4.69, 9.17) is 11.6 Å². The molecule has 2 aromatic carbocycles. The van der Waals surface area contributed by atoms with Crippen molar-refractivity contribution >= 4 is 41.4 Å². The Bertz CT molecular complexity index is 926. The van der Waals surface area contributed by atoms with Crippen LogP contribution in [-0.2, 0) is 11.3 Å². The van der Waals surface area contributed by atoms with Crippen molar-refractivity contribution in [2.45, 2.75) is 23.9 Å². The Labute approximate surface area is 167 Å². The van der Waals surface area contributed by atoms with Gasteiger partial charge in [-0.25, -0.2) is 4.98 Å². The van der Waals surface area contributed by atoms with Crippen LogP contribution in [0.4, 0.5) is 0 Å². The number of aromatic amines is 1. The quantitative estimate of drug-likeness (QED) is 0.578. The van der Waals surface area contributed by atoms with E-state index in [1.807, 2.05) is 67.6 Å². The van der Waals surface area contributed by atoms with Crippen molar-refractivity contribution in [2.75, 3.05) is 0 Å². The average molecular weight is 399 g/mol. The molecule has 0 fully saturated rings. The predicted octanol–water partition coefficient (Wildman–Crippen LogP) is 4.43. The molecule has 2 N–H and O–H groups in total. The zero-order valence-electron chi connectivity index (χ0n) is 14.7. The van der Waals surface area contributed by atoms with Crippen LogP contribution in [0.1, 0.15) is 23.9 Å². The normalized spacial score (nSPS) is 12.2. The highest BCUT2D eigenvalue weighted by Crippen LogP contribution is 2.20. The van der Waals surface area contributed by atoms with Gasteiger partial charge in [0.05, 0.1) is 5.25 Å². The van der Waals surface area contributed by atoms with Gasteiger partial charge in [0.15, 0.2) is 0 Å². The van der Waals surface area contributed by atoms with Gasteiger partial charge in [-0.05, 0) is 30.2 Å². The summed E-state index contributed by atoms with van der Waals surface area (Å²) in [6.07, 6.45) is 3.81. The fourth-order valence-electron chi connectivity index (χ4n) is 2.30. The van der Waals surface area contributed by atoms with Gasteiger partial charge < -0.3 is 5.32 Å². The van der Waals surface area contributed by atoms with E-state index in [9.17, 15) is 4.79 Å². The molecule has 0 bridgehead atoms. The third-order valence-corrected chi connectivity index (χ3v) is 5.11. The monoisotopic (exact) mass is 398 g/mol. The average Bonchev–Trinajstić information content (AvgIpc) is 3.13. The van der Waals surface area contributed by atoms with E-state index >= 15 is 0 Å². The minimum Gasteiger partial charge on any atom is -0.351 e. The summed E-state index contributed by atoms with van der Waals surface area (Å²) in [5, 5.41) is 10.8. The zero-order valence-corrected chi connectivity index (χ0v) is 16.3. The van der Waals surface area contributed by atoms with E-state index in [2.05, 4.69) is 20.5 Å². The molecule has 0 radical (unpaired) electrons. The van der Waals surface area contributed by atoms with Crippen molar-refractivity contribution in [1.82, 2.24) is 20.5 Å². The van der Waals surface area contributed by atoms with Crippen LogP contribution in [-0.4, -0.2) is 26.3 Å². The second-order valence-electron chi connectivity index (χ2n) is 5.82. The number of benzene rings is 2. The lowest BCUT2D eigenvalue weighted by atomic mass is 10.2. The maximum absolute atomic E-state index is 12.3. The first kappa shape index (κ1) is 19.2. The van der Waals surface area contributed by atoms with Gasteiger partial charge in [0.25, 0.3) is 0 Å². The van der Waals surface area contributed by atoms with Gasteiger partial charge in [0.2, 0.25) is 11.1 Å². The van der Waals surface area contributed by atoms with Crippen molar-refractivity contribution in [3.63, 3.8) is 0 Å². The first-order chi connectivity index (χ1) is 13.1. The molecule has 3 aromatic rings. The molecule has 0 spiro atoms. The Hall–Kier alpha value is -2.57. The van der Waals surface area contributed by atoms with Crippen molar-refractivity contribution in [3.05, 3.63) is 76.6 Å². The molecule has 1 atom stereocenters. The summed E-state index contributed by atoms with van der Waals surface area (Å²) in [4.78, 5) is 16.7. The second kappa shape index (κ2) is 9.39. The molecule has 1 amide bonds. The summed E-state index contributed by atoms with van der Waals surface area (Å²) < 4.78 is 0. The molecule has 1 aromatic heterocycles. The number of halogens is 1. The molecule has 5 nitrogen and oxygen atoms in total. The molecule has 0 aliphatic carbocycles. The van der Waals surface area contributed by atoms with Crippen LogP contribution < -0.4 is 5.32 Å². The molecule has 1 unspecified atom stereocenters. The largest absolute Gasteiger partial charge is 0.351 e. The Balaban J connectivity index is 1.52. The Morgan fingerprint density at radius 1 is 1.19 bits per heavy atom. The number of thioether (sulfide) groups is 1. The standard InChI is InChI=1S/C20H19ClN4OS/c1-14(19(26)22-13-16-9-5-6-10-17(16)21)27-20-23-18(24-25-20)12-11-15-7-3-2-4-8-15/h2-12,14H,13H2,1H3,(H,22,26)(H,23,24,25)/b12-11+.